The number of amides is 1. The van der Waals surface area contributed by atoms with E-state index in [2.05, 4.69) is 26.7 Å². The molecule has 3 aromatic rings. The molecule has 0 fully saturated rings. The van der Waals surface area contributed by atoms with Crippen LogP contribution >= 0.6 is 0 Å². The first kappa shape index (κ1) is 17.4. The zero-order chi connectivity index (χ0) is 18.5. The van der Waals surface area contributed by atoms with Crippen molar-refractivity contribution in [2.45, 2.75) is 13.8 Å². The number of rotatable bonds is 5. The Morgan fingerprint density at radius 2 is 1.62 bits per heavy atom. The van der Waals surface area contributed by atoms with Gasteiger partial charge in [0, 0.05) is 11.4 Å². The van der Waals surface area contributed by atoms with Gasteiger partial charge in [-0.2, -0.15) is 0 Å². The number of methoxy groups -OCH3 is 1. The number of nitrogens with zero attached hydrogens (tertiary/aromatic N) is 2. The van der Waals surface area contributed by atoms with Crippen molar-refractivity contribution >= 4 is 23.1 Å². The first-order valence-electron chi connectivity index (χ1n) is 8.16. The van der Waals surface area contributed by atoms with Crippen LogP contribution in [0.5, 0.6) is 5.75 Å². The molecular formula is C20H20N4O2. The molecule has 2 N–H and O–H groups in total. The van der Waals surface area contributed by atoms with E-state index in [1.807, 2.05) is 26.0 Å². The molecular weight excluding hydrogens is 328 g/mol. The number of hydrogen-bond acceptors (Lipinski definition) is 5. The van der Waals surface area contributed by atoms with Crippen LogP contribution < -0.4 is 15.4 Å². The van der Waals surface area contributed by atoms with Crippen molar-refractivity contribution < 1.29 is 9.53 Å². The molecule has 0 radical (unpaired) electrons. The van der Waals surface area contributed by atoms with Crippen LogP contribution in [0.1, 0.15) is 21.6 Å². The number of ether oxygens (including phenoxy) is 1. The minimum atomic E-state index is -0.319. The van der Waals surface area contributed by atoms with Crippen molar-refractivity contribution in [1.29, 1.82) is 0 Å². The van der Waals surface area contributed by atoms with Gasteiger partial charge in [-0.25, -0.2) is 9.97 Å². The number of aromatic nitrogens is 2. The highest BCUT2D eigenvalue weighted by atomic mass is 16.5. The molecule has 26 heavy (non-hydrogen) atoms. The summed E-state index contributed by atoms with van der Waals surface area (Å²) in [4.78, 5) is 20.7. The third kappa shape index (κ3) is 4.36. The molecule has 132 valence electrons. The van der Waals surface area contributed by atoms with Crippen molar-refractivity contribution in [1.82, 2.24) is 9.97 Å². The summed E-state index contributed by atoms with van der Waals surface area (Å²) in [5.74, 6) is 0.987. The first-order valence-corrected chi connectivity index (χ1v) is 8.16. The van der Waals surface area contributed by atoms with Gasteiger partial charge in [0.1, 0.15) is 17.3 Å². The lowest BCUT2D eigenvalue weighted by Gasteiger charge is -2.09. The van der Waals surface area contributed by atoms with Crippen LogP contribution in [-0.4, -0.2) is 23.0 Å². The van der Waals surface area contributed by atoms with Crippen molar-refractivity contribution in [3.63, 3.8) is 0 Å². The summed E-state index contributed by atoms with van der Waals surface area (Å²) in [5.41, 5.74) is 4.17. The molecule has 6 nitrogen and oxygen atoms in total. The molecule has 1 amide bonds. The summed E-state index contributed by atoms with van der Waals surface area (Å²) in [7, 11) is 1.59. The summed E-state index contributed by atoms with van der Waals surface area (Å²) < 4.78 is 5.09. The zero-order valence-electron chi connectivity index (χ0n) is 14.9. The number of benzene rings is 2. The minimum absolute atomic E-state index is 0.242. The predicted molar refractivity (Wildman–Crippen MR) is 102 cm³/mol. The smallest absolute Gasteiger partial charge is 0.275 e. The van der Waals surface area contributed by atoms with Crippen LogP contribution in [0.25, 0.3) is 0 Å². The fourth-order valence-corrected chi connectivity index (χ4v) is 2.57. The quantitative estimate of drug-likeness (QED) is 0.726. The molecule has 0 unspecified atom stereocenters. The van der Waals surface area contributed by atoms with Crippen LogP contribution in [0.3, 0.4) is 0 Å². The number of nitrogens with one attached hydrogen (secondary N) is 2. The third-order valence-corrected chi connectivity index (χ3v) is 3.73. The normalized spacial score (nSPS) is 10.3. The second-order valence-electron chi connectivity index (χ2n) is 5.97. The molecule has 0 spiro atoms. The van der Waals surface area contributed by atoms with E-state index in [1.54, 1.807) is 37.6 Å². The van der Waals surface area contributed by atoms with Gasteiger partial charge in [0.2, 0.25) is 0 Å². The molecule has 1 aromatic heterocycles. The average Bonchev–Trinajstić information content (AvgIpc) is 2.62. The van der Waals surface area contributed by atoms with Crippen LogP contribution in [-0.2, 0) is 0 Å². The maximum atomic E-state index is 12.3. The summed E-state index contributed by atoms with van der Waals surface area (Å²) >= 11 is 0. The van der Waals surface area contributed by atoms with Gasteiger partial charge in [-0.15, -0.1) is 0 Å². The topological polar surface area (TPSA) is 76.1 Å². The molecule has 1 heterocycles. The van der Waals surface area contributed by atoms with E-state index in [0.29, 0.717) is 11.5 Å². The summed E-state index contributed by atoms with van der Waals surface area (Å²) in [6.45, 7) is 4.08. The molecule has 0 saturated heterocycles. The standard InChI is InChI=1S/C20H20N4O2/c1-13-8-14(2)10-16(9-13)23-19-12-21-18(11-22-19)20(25)24-15-4-6-17(26-3)7-5-15/h4-12H,1-3H3,(H,22,23)(H,24,25). The van der Waals surface area contributed by atoms with Gasteiger partial charge in [0.25, 0.3) is 5.91 Å². The molecule has 3 rings (SSSR count). The number of carbonyl (C=O) groups excluding carboxylic acids is 1. The fourth-order valence-electron chi connectivity index (χ4n) is 2.57. The van der Waals surface area contributed by atoms with Crippen LogP contribution in [0.15, 0.2) is 54.9 Å². The SMILES string of the molecule is COc1ccc(NC(=O)c2cnc(Nc3cc(C)cc(C)c3)cn2)cc1. The summed E-state index contributed by atoms with van der Waals surface area (Å²) in [5, 5.41) is 5.97. The molecule has 0 aliphatic rings. The minimum Gasteiger partial charge on any atom is -0.497 e. The average molecular weight is 348 g/mol. The van der Waals surface area contributed by atoms with E-state index >= 15 is 0 Å². The van der Waals surface area contributed by atoms with E-state index in [9.17, 15) is 4.79 Å². The molecule has 0 saturated carbocycles. The summed E-state index contributed by atoms with van der Waals surface area (Å²) in [6.07, 6.45) is 2.99. The van der Waals surface area contributed by atoms with E-state index < -0.39 is 0 Å². The number of carbonyl (C=O) groups is 1. The summed E-state index contributed by atoms with van der Waals surface area (Å²) in [6, 6.07) is 13.2. The van der Waals surface area contributed by atoms with E-state index in [4.69, 9.17) is 4.74 Å². The van der Waals surface area contributed by atoms with Gasteiger partial charge in [-0.05, 0) is 61.4 Å². The van der Waals surface area contributed by atoms with Gasteiger partial charge in [-0.1, -0.05) is 6.07 Å². The zero-order valence-corrected chi connectivity index (χ0v) is 14.9. The third-order valence-electron chi connectivity index (χ3n) is 3.73. The van der Waals surface area contributed by atoms with E-state index in [-0.39, 0.29) is 11.6 Å². The first-order chi connectivity index (χ1) is 12.5. The van der Waals surface area contributed by atoms with Gasteiger partial charge in [0.05, 0.1) is 19.5 Å². The molecule has 0 bridgehead atoms. The maximum Gasteiger partial charge on any atom is 0.275 e. The highest BCUT2D eigenvalue weighted by Crippen LogP contribution is 2.18. The number of aryl methyl sites for hydroxylation is 2. The maximum absolute atomic E-state index is 12.3. The van der Waals surface area contributed by atoms with E-state index in [1.165, 1.54) is 6.20 Å². The molecule has 2 aromatic carbocycles. The fraction of sp³-hybridized carbons (Fsp3) is 0.150. The Balaban J connectivity index is 1.67. The highest BCUT2D eigenvalue weighted by molar-refractivity contribution is 6.02. The lowest BCUT2D eigenvalue weighted by molar-refractivity contribution is 0.102. The highest BCUT2D eigenvalue weighted by Gasteiger charge is 2.09. The molecule has 0 aliphatic heterocycles. The number of anilines is 3. The Bertz CT molecular complexity index is 886. The monoisotopic (exact) mass is 348 g/mol. The second-order valence-corrected chi connectivity index (χ2v) is 5.97. The number of hydrogen-bond donors (Lipinski definition) is 2. The van der Waals surface area contributed by atoms with Crippen LogP contribution in [0, 0.1) is 13.8 Å². The van der Waals surface area contributed by atoms with Crippen molar-refractivity contribution in [2.24, 2.45) is 0 Å². The second kappa shape index (κ2) is 7.65. The van der Waals surface area contributed by atoms with Crippen LogP contribution in [0.2, 0.25) is 0 Å². The Morgan fingerprint density at radius 1 is 0.923 bits per heavy atom. The van der Waals surface area contributed by atoms with Gasteiger partial charge in [-0.3, -0.25) is 4.79 Å². The van der Waals surface area contributed by atoms with Crippen molar-refractivity contribution in [3.05, 3.63) is 71.7 Å². The Hall–Kier alpha value is -3.41. The predicted octanol–water partition coefficient (Wildman–Crippen LogP) is 4.10. The lowest BCUT2D eigenvalue weighted by Crippen LogP contribution is -2.14. The van der Waals surface area contributed by atoms with E-state index in [0.717, 1.165) is 22.6 Å². The van der Waals surface area contributed by atoms with Crippen molar-refractivity contribution in [3.8, 4) is 5.75 Å². The Kier molecular flexibility index (Phi) is 5.12. The van der Waals surface area contributed by atoms with Crippen molar-refractivity contribution in [2.75, 3.05) is 17.7 Å². The largest absolute Gasteiger partial charge is 0.497 e. The van der Waals surface area contributed by atoms with Gasteiger partial charge < -0.3 is 15.4 Å². The van der Waals surface area contributed by atoms with Gasteiger partial charge >= 0.3 is 0 Å². The molecule has 0 atom stereocenters. The van der Waals surface area contributed by atoms with Crippen LogP contribution in [0.4, 0.5) is 17.2 Å². The Labute approximate surface area is 152 Å². The molecule has 6 heteroatoms. The Morgan fingerprint density at radius 3 is 2.19 bits per heavy atom. The lowest BCUT2D eigenvalue weighted by atomic mass is 10.1. The molecule has 0 aliphatic carbocycles. The van der Waals surface area contributed by atoms with Gasteiger partial charge in [0.15, 0.2) is 0 Å².